The molecule has 14 heavy (non-hydrogen) atoms. The second kappa shape index (κ2) is 4.72. The van der Waals surface area contributed by atoms with E-state index in [4.69, 9.17) is 0 Å². The summed E-state index contributed by atoms with van der Waals surface area (Å²) in [6.07, 6.45) is 1.99. The molecule has 0 spiro atoms. The third kappa shape index (κ3) is 2.55. The molecule has 1 aromatic rings. The zero-order chi connectivity index (χ0) is 10.9. The molecule has 1 rings (SSSR count). The van der Waals surface area contributed by atoms with Crippen LogP contribution in [0.15, 0.2) is 17.1 Å². The van der Waals surface area contributed by atoms with Gasteiger partial charge in [0.05, 0.1) is 0 Å². The van der Waals surface area contributed by atoms with Crippen LogP contribution in [0.1, 0.15) is 45.2 Å². The molecule has 0 amide bonds. The van der Waals surface area contributed by atoms with Crippen LogP contribution in [-0.4, -0.2) is 4.57 Å². The molecular formula is C11H16NOY. The zero-order valence-corrected chi connectivity index (χ0v) is 12.1. The minimum absolute atomic E-state index is 0.174. The Morgan fingerprint density at radius 3 is 2.29 bits per heavy atom. The zero-order valence-electron chi connectivity index (χ0n) is 9.24. The average Bonchev–Trinajstić information content (AvgIpc) is 2.07. The molecule has 0 saturated heterocycles. The summed E-state index contributed by atoms with van der Waals surface area (Å²) in [4.78, 5) is 12.0. The van der Waals surface area contributed by atoms with Crippen molar-refractivity contribution in [1.82, 2.24) is 4.57 Å². The fraction of sp³-hybridized carbons (Fsp3) is 0.545. The maximum absolute atomic E-state index is 12.0. The predicted molar refractivity (Wildman–Crippen MR) is 54.8 cm³/mol. The first-order chi connectivity index (χ1) is 6.43. The molecule has 0 fully saturated rings. The summed E-state index contributed by atoms with van der Waals surface area (Å²) >= 11 is 1.07. The fourth-order valence-corrected chi connectivity index (χ4v) is 2.28. The maximum atomic E-state index is 12.0. The van der Waals surface area contributed by atoms with Gasteiger partial charge in [0.1, 0.15) is 0 Å². The first-order valence-corrected chi connectivity index (χ1v) is 6.37. The van der Waals surface area contributed by atoms with Crippen LogP contribution in [-0.2, 0) is 31.0 Å². The van der Waals surface area contributed by atoms with E-state index in [1.165, 1.54) is 2.37 Å². The van der Waals surface area contributed by atoms with Gasteiger partial charge in [0.2, 0.25) is 0 Å². The number of nitrogens with zero attached hydrogens (tertiary/aromatic N) is 1. The van der Waals surface area contributed by atoms with Gasteiger partial charge in [-0.15, -0.1) is 0 Å². The third-order valence-corrected chi connectivity index (χ3v) is 3.05. The van der Waals surface area contributed by atoms with Crippen LogP contribution >= 0.6 is 0 Å². The van der Waals surface area contributed by atoms with Crippen molar-refractivity contribution in [3.05, 3.63) is 28.2 Å². The number of aromatic nitrogens is 1. The number of hydrogen-bond acceptors (Lipinski definition) is 1. The van der Waals surface area contributed by atoms with Gasteiger partial charge in [-0.1, -0.05) is 0 Å². The summed E-state index contributed by atoms with van der Waals surface area (Å²) in [5.41, 5.74) is 1.12. The van der Waals surface area contributed by atoms with Gasteiger partial charge in [-0.25, -0.2) is 0 Å². The van der Waals surface area contributed by atoms with E-state index in [0.717, 1.165) is 36.5 Å². The molecule has 0 aliphatic heterocycles. The molecule has 0 radical (unpaired) electrons. The van der Waals surface area contributed by atoms with Crippen molar-refractivity contribution in [3.8, 4) is 0 Å². The molecule has 0 atom stereocenters. The first-order valence-electron chi connectivity index (χ1n) is 4.95. The molecule has 1 heterocycles. The van der Waals surface area contributed by atoms with Gasteiger partial charge >= 0.3 is 106 Å². The van der Waals surface area contributed by atoms with Crippen molar-refractivity contribution in [2.45, 2.75) is 39.7 Å². The predicted octanol–water partition coefficient (Wildman–Crippen LogP) is 1.72. The summed E-state index contributed by atoms with van der Waals surface area (Å²) in [6, 6.07) is 2.31. The van der Waals surface area contributed by atoms with E-state index in [9.17, 15) is 4.79 Å². The summed E-state index contributed by atoms with van der Waals surface area (Å²) in [5, 5.41) is 0. The van der Waals surface area contributed by atoms with E-state index in [-0.39, 0.29) is 11.6 Å². The second-order valence-electron chi connectivity index (χ2n) is 4.19. The van der Waals surface area contributed by atoms with Gasteiger partial charge in [0.25, 0.3) is 0 Å². The van der Waals surface area contributed by atoms with Crippen molar-refractivity contribution in [2.24, 2.45) is 0 Å². The first kappa shape index (κ1) is 12.1. The van der Waals surface area contributed by atoms with Crippen LogP contribution in [0.5, 0.6) is 0 Å². The van der Waals surface area contributed by atoms with Gasteiger partial charge in [-0.3, -0.25) is 0 Å². The van der Waals surface area contributed by atoms with Crippen molar-refractivity contribution in [2.75, 3.05) is 0 Å². The van der Waals surface area contributed by atoms with Crippen LogP contribution < -0.4 is 7.93 Å². The van der Waals surface area contributed by atoms with E-state index >= 15 is 0 Å². The summed E-state index contributed by atoms with van der Waals surface area (Å²) in [7, 11) is 0. The van der Waals surface area contributed by atoms with Crippen molar-refractivity contribution < 1.29 is 31.0 Å². The van der Waals surface area contributed by atoms with E-state index in [1.54, 1.807) is 0 Å². The van der Waals surface area contributed by atoms with Crippen molar-refractivity contribution >= 4 is 2.37 Å². The summed E-state index contributed by atoms with van der Waals surface area (Å²) in [5.74, 6) is 0.319. The summed E-state index contributed by atoms with van der Waals surface area (Å²) < 4.78 is 3.13. The van der Waals surface area contributed by atoms with E-state index in [1.807, 2.05) is 30.7 Å². The Hall–Kier alpha value is 0.0539. The van der Waals surface area contributed by atoms with Crippen LogP contribution in [0.4, 0.5) is 0 Å². The van der Waals surface area contributed by atoms with Crippen LogP contribution in [0, 0.1) is 0 Å². The molecule has 2 nitrogen and oxygen atoms in total. The molecule has 3 heteroatoms. The number of pyridine rings is 1. The number of rotatable bonds is 2. The topological polar surface area (TPSA) is 22.0 Å². The molecule has 0 N–H and O–H groups in total. The average molecular weight is 267 g/mol. The van der Waals surface area contributed by atoms with Crippen LogP contribution in [0.3, 0.4) is 0 Å². The molecule has 0 saturated carbocycles. The normalized spacial score (nSPS) is 11.2. The molecule has 0 aliphatic rings. The monoisotopic (exact) mass is 267 g/mol. The van der Waals surface area contributed by atoms with Crippen LogP contribution in [0.25, 0.3) is 0 Å². The van der Waals surface area contributed by atoms with E-state index < -0.39 is 0 Å². The van der Waals surface area contributed by atoms with Gasteiger partial charge < -0.3 is 0 Å². The Morgan fingerprint density at radius 2 is 1.86 bits per heavy atom. The van der Waals surface area contributed by atoms with Crippen molar-refractivity contribution in [1.29, 1.82) is 0 Å². The Kier molecular flexibility index (Phi) is 4.08. The van der Waals surface area contributed by atoms with Crippen LogP contribution in [0.2, 0.25) is 0 Å². The van der Waals surface area contributed by atoms with Gasteiger partial charge in [0, 0.05) is 0 Å². The Morgan fingerprint density at radius 1 is 1.29 bits per heavy atom. The van der Waals surface area contributed by atoms with Gasteiger partial charge in [-0.05, 0) is 0 Å². The molecule has 0 aromatic carbocycles. The molecular weight excluding hydrogens is 251 g/mol. The molecule has 0 unspecified atom stereocenters. The van der Waals surface area contributed by atoms with E-state index in [0.29, 0.717) is 5.92 Å². The van der Waals surface area contributed by atoms with Gasteiger partial charge in [0.15, 0.2) is 0 Å². The van der Waals surface area contributed by atoms with E-state index in [2.05, 4.69) is 13.8 Å². The van der Waals surface area contributed by atoms with Crippen molar-refractivity contribution in [3.63, 3.8) is 0 Å². The molecule has 0 aliphatic carbocycles. The standard InChI is InChI=1S/C11H16NO.Y/c1-8(2)10-6-5-7-12(9(3)4)11(10)13;/h6-9H,1-4H3;. The number of hydrogen-bond donors (Lipinski definition) is 0. The Bertz CT molecular complexity index is 347. The quantitative estimate of drug-likeness (QED) is 0.799. The minimum atomic E-state index is 0.174. The Labute approximate surface area is 105 Å². The molecule has 0 bridgehead atoms. The molecule has 1 aromatic heterocycles. The Balaban J connectivity index is 3.40. The SMILES string of the molecule is CC(C)c1c[c]([Y])cn(C(C)C)c1=O. The fourth-order valence-electron chi connectivity index (χ4n) is 1.44. The third-order valence-electron chi connectivity index (χ3n) is 2.27. The molecule has 74 valence electrons. The summed E-state index contributed by atoms with van der Waals surface area (Å²) in [6.45, 7) is 8.24. The second-order valence-corrected chi connectivity index (χ2v) is 5.83. The van der Waals surface area contributed by atoms with Gasteiger partial charge in [-0.2, -0.15) is 0 Å².